The molecule has 0 aliphatic heterocycles. The van der Waals surface area contributed by atoms with Crippen molar-refractivity contribution >= 4 is 0 Å². The van der Waals surface area contributed by atoms with Crippen LogP contribution in [0.25, 0.3) is 11.1 Å². The van der Waals surface area contributed by atoms with Crippen molar-refractivity contribution in [1.82, 2.24) is 15.2 Å². The average molecular weight is 132 g/mol. The Hall–Kier alpha value is -1.51. The lowest BCUT2D eigenvalue weighted by Crippen LogP contribution is -1.64. The highest BCUT2D eigenvalue weighted by molar-refractivity contribution is 5.59. The van der Waals surface area contributed by atoms with E-state index in [4.69, 9.17) is 0 Å². The molecule has 3 heteroatoms. The molecule has 0 unspecified atom stereocenters. The molecule has 3 nitrogen and oxygen atoms in total. The van der Waals surface area contributed by atoms with Gasteiger partial charge in [0.25, 0.3) is 0 Å². The van der Waals surface area contributed by atoms with Gasteiger partial charge in [0.1, 0.15) is 6.20 Å². The molecule has 0 saturated carbocycles. The van der Waals surface area contributed by atoms with Crippen LogP contribution >= 0.6 is 0 Å². The second kappa shape index (κ2) is 2.02. The van der Waals surface area contributed by atoms with Crippen LogP contribution in [0.1, 0.15) is 0 Å². The summed E-state index contributed by atoms with van der Waals surface area (Å²) in [5.74, 6) is 0. The molecule has 0 amide bonds. The van der Waals surface area contributed by atoms with Crippen LogP contribution in [-0.4, -0.2) is 15.2 Å². The van der Waals surface area contributed by atoms with Crippen LogP contribution in [0.3, 0.4) is 0 Å². The molecule has 0 aliphatic carbocycles. The summed E-state index contributed by atoms with van der Waals surface area (Å²) in [6.45, 7) is 0. The van der Waals surface area contributed by atoms with Gasteiger partial charge in [0.2, 0.25) is 0 Å². The molecule has 0 saturated heterocycles. The van der Waals surface area contributed by atoms with E-state index in [1.807, 2.05) is 24.7 Å². The number of nitrogens with one attached hydrogen (secondary N) is 2. The molecule has 2 N–H and O–H groups in total. The summed E-state index contributed by atoms with van der Waals surface area (Å²) in [6.07, 6.45) is 8.40. The first-order valence-electron chi connectivity index (χ1n) is 3.01. The van der Waals surface area contributed by atoms with Crippen LogP contribution in [0, 0.1) is 6.20 Å². The summed E-state index contributed by atoms with van der Waals surface area (Å²) >= 11 is 0. The van der Waals surface area contributed by atoms with Gasteiger partial charge in [0.15, 0.2) is 0 Å². The molecule has 0 fully saturated rings. The fourth-order valence-corrected chi connectivity index (χ4v) is 0.861. The lowest BCUT2D eigenvalue weighted by atomic mass is 10.2. The van der Waals surface area contributed by atoms with Crippen LogP contribution in [0.5, 0.6) is 0 Å². The first-order chi connectivity index (χ1) is 4.97. The average Bonchev–Trinajstić information content (AvgIpc) is 2.59. The standard InChI is InChI=1S/C7H6N3/c1-2-8-3-6(1)7-4-9-10-5-7/h1-4,8H,(H,9,10). The molecule has 2 heterocycles. The maximum Gasteiger partial charge on any atom is 0.121 e. The van der Waals surface area contributed by atoms with Gasteiger partial charge in [-0.15, -0.1) is 0 Å². The van der Waals surface area contributed by atoms with Gasteiger partial charge in [-0.25, -0.2) is 0 Å². The topological polar surface area (TPSA) is 44.5 Å². The molecule has 2 aromatic rings. The lowest BCUT2D eigenvalue weighted by Gasteiger charge is -1.83. The van der Waals surface area contributed by atoms with Crippen molar-refractivity contribution in [2.24, 2.45) is 0 Å². The van der Waals surface area contributed by atoms with E-state index in [0.717, 1.165) is 11.1 Å². The molecule has 0 aliphatic rings. The Labute approximate surface area is 58.1 Å². The number of hydrogen-bond donors (Lipinski definition) is 2. The van der Waals surface area contributed by atoms with Gasteiger partial charge in [-0.2, -0.15) is 5.10 Å². The Balaban J connectivity index is 2.48. The fourth-order valence-electron chi connectivity index (χ4n) is 0.861. The predicted molar refractivity (Wildman–Crippen MR) is 37.2 cm³/mol. The molecule has 49 valence electrons. The third-order valence-electron chi connectivity index (χ3n) is 1.36. The first-order valence-corrected chi connectivity index (χ1v) is 3.01. The summed E-state index contributed by atoms with van der Waals surface area (Å²) in [4.78, 5) is 2.96. The Bertz CT molecular complexity index is 248. The Morgan fingerprint density at radius 1 is 1.40 bits per heavy atom. The van der Waals surface area contributed by atoms with E-state index in [1.165, 1.54) is 0 Å². The van der Waals surface area contributed by atoms with Crippen molar-refractivity contribution < 1.29 is 0 Å². The number of H-pyrrole nitrogens is 2. The normalized spacial score (nSPS) is 10.0. The number of hydrogen-bond acceptors (Lipinski definition) is 1. The molecule has 0 atom stereocenters. The van der Waals surface area contributed by atoms with E-state index < -0.39 is 0 Å². The fraction of sp³-hybridized carbons (Fsp3) is 0. The molecule has 1 radical (unpaired) electrons. The van der Waals surface area contributed by atoms with Gasteiger partial charge in [-0.05, 0) is 6.07 Å². The van der Waals surface area contributed by atoms with E-state index in [2.05, 4.69) is 21.4 Å². The smallest absolute Gasteiger partial charge is 0.121 e. The zero-order valence-electron chi connectivity index (χ0n) is 5.26. The van der Waals surface area contributed by atoms with E-state index in [0.29, 0.717) is 0 Å². The zero-order valence-corrected chi connectivity index (χ0v) is 5.26. The summed E-state index contributed by atoms with van der Waals surface area (Å²) < 4.78 is 0. The molecule has 2 aromatic heterocycles. The third kappa shape index (κ3) is 0.719. The molecular weight excluding hydrogens is 126 g/mol. The quantitative estimate of drug-likeness (QED) is 0.601. The molecule has 0 spiro atoms. The summed E-state index contributed by atoms with van der Waals surface area (Å²) in [6, 6.07) is 1.97. The van der Waals surface area contributed by atoms with Crippen LogP contribution in [-0.2, 0) is 0 Å². The van der Waals surface area contributed by atoms with Crippen molar-refractivity contribution in [3.05, 3.63) is 30.9 Å². The second-order valence-corrected chi connectivity index (χ2v) is 2.01. The minimum Gasteiger partial charge on any atom is -0.367 e. The van der Waals surface area contributed by atoms with Gasteiger partial charge in [-0.1, -0.05) is 0 Å². The van der Waals surface area contributed by atoms with Gasteiger partial charge >= 0.3 is 0 Å². The van der Waals surface area contributed by atoms with Gasteiger partial charge in [-0.3, -0.25) is 5.10 Å². The molecule has 0 bridgehead atoms. The lowest BCUT2D eigenvalue weighted by molar-refractivity contribution is 1.08. The monoisotopic (exact) mass is 132 g/mol. The highest BCUT2D eigenvalue weighted by Crippen LogP contribution is 2.14. The number of aromatic amines is 2. The van der Waals surface area contributed by atoms with E-state index >= 15 is 0 Å². The molecule has 2 rings (SSSR count). The summed E-state index contributed by atoms with van der Waals surface area (Å²) in [5, 5.41) is 6.41. The van der Waals surface area contributed by atoms with Crippen LogP contribution in [0.4, 0.5) is 0 Å². The minimum absolute atomic E-state index is 0.987. The van der Waals surface area contributed by atoms with Crippen molar-refractivity contribution in [2.45, 2.75) is 0 Å². The van der Waals surface area contributed by atoms with Gasteiger partial charge in [0.05, 0.1) is 0 Å². The van der Waals surface area contributed by atoms with Crippen LogP contribution in [0.15, 0.2) is 24.7 Å². The predicted octanol–water partition coefficient (Wildman–Crippen LogP) is 1.20. The highest BCUT2D eigenvalue weighted by atomic mass is 15.1. The Morgan fingerprint density at radius 3 is 3.00 bits per heavy atom. The van der Waals surface area contributed by atoms with E-state index in [-0.39, 0.29) is 0 Å². The summed E-state index contributed by atoms with van der Waals surface area (Å²) in [5.41, 5.74) is 2.09. The highest BCUT2D eigenvalue weighted by Gasteiger charge is 1.96. The van der Waals surface area contributed by atoms with Crippen LogP contribution < -0.4 is 0 Å². The molecule has 10 heavy (non-hydrogen) atoms. The van der Waals surface area contributed by atoms with Crippen molar-refractivity contribution in [2.75, 3.05) is 0 Å². The second-order valence-electron chi connectivity index (χ2n) is 2.01. The van der Waals surface area contributed by atoms with Crippen molar-refractivity contribution in [3.8, 4) is 11.1 Å². The number of nitrogens with zero attached hydrogens (tertiary/aromatic N) is 1. The Kier molecular flexibility index (Phi) is 1.07. The zero-order chi connectivity index (χ0) is 6.81. The minimum atomic E-state index is 0.987. The van der Waals surface area contributed by atoms with Crippen molar-refractivity contribution in [3.63, 3.8) is 0 Å². The van der Waals surface area contributed by atoms with Gasteiger partial charge < -0.3 is 4.98 Å². The molecule has 0 aromatic carbocycles. The number of rotatable bonds is 1. The molecular formula is C7H6N3. The Morgan fingerprint density at radius 2 is 2.40 bits per heavy atom. The van der Waals surface area contributed by atoms with E-state index in [1.54, 1.807) is 0 Å². The maximum atomic E-state index is 3.71. The third-order valence-corrected chi connectivity index (χ3v) is 1.36. The van der Waals surface area contributed by atoms with Crippen LogP contribution in [0.2, 0.25) is 0 Å². The van der Waals surface area contributed by atoms with Gasteiger partial charge in [0, 0.05) is 29.7 Å². The van der Waals surface area contributed by atoms with Crippen molar-refractivity contribution in [1.29, 1.82) is 0 Å². The van der Waals surface area contributed by atoms with E-state index in [9.17, 15) is 0 Å². The summed E-state index contributed by atoms with van der Waals surface area (Å²) in [7, 11) is 0. The SMILES string of the molecule is [c]1n[nH]cc1-c1cc[nH]c1. The maximum absolute atomic E-state index is 3.71. The number of aromatic nitrogens is 3. The largest absolute Gasteiger partial charge is 0.367 e. The first kappa shape index (κ1) is 5.29.